The number of benzene rings is 1. The summed E-state index contributed by atoms with van der Waals surface area (Å²) in [5, 5.41) is 7.39. The van der Waals surface area contributed by atoms with Crippen LogP contribution in [0.3, 0.4) is 0 Å². The molecule has 1 saturated heterocycles. The van der Waals surface area contributed by atoms with Crippen LogP contribution in [0.1, 0.15) is 25.3 Å². The zero-order chi connectivity index (χ0) is 14.7. The summed E-state index contributed by atoms with van der Waals surface area (Å²) in [5.41, 5.74) is 0.886. The monoisotopic (exact) mass is 289 g/mol. The summed E-state index contributed by atoms with van der Waals surface area (Å²) in [5.74, 6) is 1.99. The van der Waals surface area contributed by atoms with Crippen molar-refractivity contribution in [2.24, 2.45) is 0 Å². The molecule has 2 atom stereocenters. The van der Waals surface area contributed by atoms with Crippen LogP contribution in [0.5, 0.6) is 5.75 Å². The summed E-state index contributed by atoms with van der Waals surface area (Å²) in [4.78, 5) is 4.48. The van der Waals surface area contributed by atoms with Gasteiger partial charge in [-0.1, -0.05) is 17.3 Å². The minimum absolute atomic E-state index is 0.0614. The first-order chi connectivity index (χ1) is 10.3. The number of aromatic nitrogens is 2. The van der Waals surface area contributed by atoms with E-state index in [9.17, 15) is 0 Å². The van der Waals surface area contributed by atoms with Gasteiger partial charge in [-0.2, -0.15) is 4.98 Å². The number of nitrogens with one attached hydrogen (secondary N) is 1. The number of nitrogens with zero attached hydrogens (tertiary/aromatic N) is 2. The van der Waals surface area contributed by atoms with E-state index in [4.69, 9.17) is 14.0 Å². The van der Waals surface area contributed by atoms with Gasteiger partial charge in [0.15, 0.2) is 0 Å². The smallest absolute Gasteiger partial charge is 0.244 e. The molecule has 21 heavy (non-hydrogen) atoms. The van der Waals surface area contributed by atoms with Crippen LogP contribution in [0.4, 0.5) is 0 Å². The van der Waals surface area contributed by atoms with Crippen LogP contribution in [-0.2, 0) is 4.74 Å². The van der Waals surface area contributed by atoms with Crippen molar-refractivity contribution in [1.29, 1.82) is 0 Å². The van der Waals surface area contributed by atoms with Gasteiger partial charge in [0.1, 0.15) is 5.75 Å². The summed E-state index contributed by atoms with van der Waals surface area (Å²) >= 11 is 0. The second kappa shape index (κ2) is 6.24. The maximum Gasteiger partial charge on any atom is 0.244 e. The average Bonchev–Trinajstić information content (AvgIpc) is 3.17. The van der Waals surface area contributed by atoms with Crippen molar-refractivity contribution in [3.05, 3.63) is 30.2 Å². The van der Waals surface area contributed by atoms with Gasteiger partial charge in [-0.15, -0.1) is 0 Å². The highest BCUT2D eigenvalue weighted by atomic mass is 16.5. The Balaban J connectivity index is 1.77. The molecule has 0 radical (unpaired) electrons. The molecule has 1 aromatic carbocycles. The molecular formula is C15H19N3O3. The van der Waals surface area contributed by atoms with Crippen LogP contribution < -0.4 is 10.1 Å². The lowest BCUT2D eigenvalue weighted by atomic mass is 10.2. The van der Waals surface area contributed by atoms with Gasteiger partial charge in [0.2, 0.25) is 11.7 Å². The fourth-order valence-corrected chi connectivity index (χ4v) is 2.46. The van der Waals surface area contributed by atoms with E-state index < -0.39 is 0 Å². The molecule has 0 amide bonds. The Labute approximate surface area is 123 Å². The van der Waals surface area contributed by atoms with Gasteiger partial charge in [0.25, 0.3) is 0 Å². The molecule has 2 aromatic rings. The van der Waals surface area contributed by atoms with Crippen LogP contribution in [0.25, 0.3) is 11.4 Å². The number of hydrogen-bond donors (Lipinski definition) is 1. The fraction of sp³-hybridized carbons (Fsp3) is 0.467. The van der Waals surface area contributed by atoms with E-state index in [1.807, 2.05) is 31.2 Å². The Hall–Kier alpha value is -1.92. The molecule has 1 aliphatic rings. The Morgan fingerprint density at radius 2 is 2.33 bits per heavy atom. The van der Waals surface area contributed by atoms with Crippen molar-refractivity contribution in [3.8, 4) is 17.1 Å². The molecule has 6 heteroatoms. The van der Waals surface area contributed by atoms with Crippen LogP contribution in [0.15, 0.2) is 28.8 Å². The molecule has 2 heterocycles. The minimum atomic E-state index is 0.0614. The van der Waals surface area contributed by atoms with Gasteiger partial charge in [0, 0.05) is 19.2 Å². The minimum Gasteiger partial charge on any atom is -0.494 e. The Morgan fingerprint density at radius 3 is 3.10 bits per heavy atom. The normalized spacial score (nSPS) is 21.6. The van der Waals surface area contributed by atoms with E-state index in [1.165, 1.54) is 0 Å². The Morgan fingerprint density at radius 1 is 1.43 bits per heavy atom. The van der Waals surface area contributed by atoms with E-state index in [2.05, 4.69) is 15.5 Å². The third-order valence-electron chi connectivity index (χ3n) is 3.57. The summed E-state index contributed by atoms with van der Waals surface area (Å²) in [6.07, 6.45) is 1.04. The second-order valence-electron chi connectivity index (χ2n) is 4.97. The zero-order valence-electron chi connectivity index (χ0n) is 12.2. The zero-order valence-corrected chi connectivity index (χ0v) is 12.2. The first-order valence-corrected chi connectivity index (χ1v) is 7.13. The van der Waals surface area contributed by atoms with Crippen molar-refractivity contribution in [2.75, 3.05) is 20.3 Å². The quantitative estimate of drug-likeness (QED) is 0.910. The average molecular weight is 289 g/mol. The first-order valence-electron chi connectivity index (χ1n) is 7.13. The molecule has 3 rings (SSSR count). The number of hydrogen-bond acceptors (Lipinski definition) is 6. The lowest BCUT2D eigenvalue weighted by Crippen LogP contribution is -2.16. The van der Waals surface area contributed by atoms with Gasteiger partial charge in [-0.25, -0.2) is 0 Å². The van der Waals surface area contributed by atoms with Crippen molar-refractivity contribution in [1.82, 2.24) is 15.5 Å². The van der Waals surface area contributed by atoms with Gasteiger partial charge in [-0.05, 0) is 25.5 Å². The lowest BCUT2D eigenvalue weighted by Gasteiger charge is -2.04. The Kier molecular flexibility index (Phi) is 4.17. The van der Waals surface area contributed by atoms with Crippen molar-refractivity contribution in [2.45, 2.75) is 25.5 Å². The van der Waals surface area contributed by atoms with Crippen molar-refractivity contribution < 1.29 is 14.0 Å². The van der Waals surface area contributed by atoms with Gasteiger partial charge in [0.05, 0.1) is 18.8 Å². The summed E-state index contributed by atoms with van der Waals surface area (Å²) in [6, 6.07) is 7.75. The molecular weight excluding hydrogens is 270 g/mol. The first kappa shape index (κ1) is 14.0. The highest BCUT2D eigenvalue weighted by Crippen LogP contribution is 2.27. The number of methoxy groups -OCH3 is 1. The van der Waals surface area contributed by atoms with Crippen LogP contribution >= 0.6 is 0 Å². The summed E-state index contributed by atoms with van der Waals surface area (Å²) in [7, 11) is 1.72. The van der Waals surface area contributed by atoms with E-state index >= 15 is 0 Å². The third-order valence-corrected chi connectivity index (χ3v) is 3.57. The molecule has 1 aromatic heterocycles. The number of rotatable bonds is 5. The standard InChI is InChI=1S/C15H19N3O3/c1-3-20-11-6-4-5-10(7-11)14-17-15(21-18-14)13-8-12(19-2)9-16-13/h4-7,12-13,16H,3,8-9H2,1-2H3. The van der Waals surface area contributed by atoms with Gasteiger partial charge in [-0.3, -0.25) is 0 Å². The maximum absolute atomic E-state index is 5.49. The van der Waals surface area contributed by atoms with E-state index in [0.29, 0.717) is 18.3 Å². The largest absolute Gasteiger partial charge is 0.494 e. The molecule has 1 N–H and O–H groups in total. The molecule has 6 nitrogen and oxygen atoms in total. The topological polar surface area (TPSA) is 69.4 Å². The van der Waals surface area contributed by atoms with Crippen molar-refractivity contribution in [3.63, 3.8) is 0 Å². The predicted molar refractivity (Wildman–Crippen MR) is 77.1 cm³/mol. The highest BCUT2D eigenvalue weighted by Gasteiger charge is 2.29. The molecule has 0 bridgehead atoms. The van der Waals surface area contributed by atoms with Crippen LogP contribution in [0, 0.1) is 0 Å². The number of ether oxygens (including phenoxy) is 2. The molecule has 1 fully saturated rings. The SMILES string of the molecule is CCOc1cccc(-c2noc(C3CC(OC)CN3)n2)c1. The van der Waals surface area contributed by atoms with Crippen molar-refractivity contribution >= 4 is 0 Å². The van der Waals surface area contributed by atoms with Crippen LogP contribution in [-0.4, -0.2) is 36.5 Å². The van der Waals surface area contributed by atoms with Crippen LogP contribution in [0.2, 0.25) is 0 Å². The van der Waals surface area contributed by atoms with Gasteiger partial charge < -0.3 is 19.3 Å². The maximum atomic E-state index is 5.49. The molecule has 0 aliphatic carbocycles. The highest BCUT2D eigenvalue weighted by molar-refractivity contribution is 5.56. The molecule has 1 aliphatic heterocycles. The lowest BCUT2D eigenvalue weighted by molar-refractivity contribution is 0.116. The predicted octanol–water partition coefficient (Wildman–Crippen LogP) is 2.18. The third kappa shape index (κ3) is 3.06. The molecule has 2 unspecified atom stereocenters. The Bertz CT molecular complexity index is 599. The molecule has 112 valence electrons. The van der Waals surface area contributed by atoms with Gasteiger partial charge >= 0.3 is 0 Å². The molecule has 0 spiro atoms. The molecule has 0 saturated carbocycles. The van der Waals surface area contributed by atoms with E-state index in [0.717, 1.165) is 24.3 Å². The van der Waals surface area contributed by atoms with E-state index in [1.54, 1.807) is 7.11 Å². The summed E-state index contributed by atoms with van der Waals surface area (Å²) in [6.45, 7) is 3.39. The fourth-order valence-electron chi connectivity index (χ4n) is 2.46. The second-order valence-corrected chi connectivity index (χ2v) is 4.97. The van der Waals surface area contributed by atoms with E-state index in [-0.39, 0.29) is 12.1 Å². The summed E-state index contributed by atoms with van der Waals surface area (Å²) < 4.78 is 16.2.